The average Bonchev–Trinajstić information content (AvgIpc) is 3.38. The van der Waals surface area contributed by atoms with E-state index in [2.05, 4.69) is 10.1 Å². The second-order valence-corrected chi connectivity index (χ2v) is 9.20. The minimum atomic E-state index is -4.69. The first-order chi connectivity index (χ1) is 18.8. The number of pyridine rings is 1. The summed E-state index contributed by atoms with van der Waals surface area (Å²) in [6, 6.07) is 9.36. The van der Waals surface area contributed by atoms with Gasteiger partial charge in [-0.2, -0.15) is 18.3 Å². The van der Waals surface area contributed by atoms with Crippen molar-refractivity contribution < 1.29 is 35.9 Å². The Morgan fingerprint density at radius 3 is 2.33 bits per heavy atom. The second-order valence-electron chi connectivity index (χ2n) is 9.20. The summed E-state index contributed by atoms with van der Waals surface area (Å²) < 4.78 is 82.1. The molecule has 2 N–H and O–H groups in total. The van der Waals surface area contributed by atoms with Gasteiger partial charge in [0.15, 0.2) is 11.5 Å². The Labute approximate surface area is 224 Å². The number of amides is 1. The Hall–Kier alpha value is -4.48. The number of primary amides is 1. The molecule has 6 nitrogen and oxygen atoms in total. The van der Waals surface area contributed by atoms with Gasteiger partial charge in [-0.25, -0.2) is 13.2 Å². The molecule has 40 heavy (non-hydrogen) atoms. The first kappa shape index (κ1) is 28.5. The SMILES string of the molecule is CC(C(=O)C[C@@H](Cc1cc(F)cc(F)c1)c1ncccc1-c1ccc(F)c(C(N)=O)c1)n1ccc(C(F)(F)F)n1. The van der Waals surface area contributed by atoms with E-state index in [1.54, 1.807) is 12.1 Å². The highest BCUT2D eigenvalue weighted by molar-refractivity contribution is 5.94. The molecular formula is C28H22F6N4O2. The van der Waals surface area contributed by atoms with Crippen LogP contribution in [-0.2, 0) is 17.4 Å². The fourth-order valence-corrected chi connectivity index (χ4v) is 4.41. The zero-order valence-electron chi connectivity index (χ0n) is 20.9. The summed E-state index contributed by atoms with van der Waals surface area (Å²) in [4.78, 5) is 29.4. The molecule has 208 valence electrons. The number of benzene rings is 2. The fraction of sp³-hybridized carbons (Fsp3) is 0.214. The highest BCUT2D eigenvalue weighted by Crippen LogP contribution is 2.35. The van der Waals surface area contributed by atoms with E-state index in [1.807, 2.05) is 0 Å². The lowest BCUT2D eigenvalue weighted by atomic mass is 9.85. The molecule has 0 saturated heterocycles. The third kappa shape index (κ3) is 6.38. The Morgan fingerprint density at radius 2 is 1.70 bits per heavy atom. The molecule has 4 rings (SSSR count). The maximum atomic E-state index is 14.1. The molecule has 2 atom stereocenters. The van der Waals surface area contributed by atoms with Crippen LogP contribution in [0.25, 0.3) is 11.1 Å². The van der Waals surface area contributed by atoms with Crippen LogP contribution >= 0.6 is 0 Å². The lowest BCUT2D eigenvalue weighted by Crippen LogP contribution is -2.22. The van der Waals surface area contributed by atoms with Crippen molar-refractivity contribution >= 4 is 11.7 Å². The topological polar surface area (TPSA) is 90.9 Å². The van der Waals surface area contributed by atoms with Crippen molar-refractivity contribution in [2.75, 3.05) is 0 Å². The summed E-state index contributed by atoms with van der Waals surface area (Å²) in [6.07, 6.45) is -2.60. The van der Waals surface area contributed by atoms with Gasteiger partial charge in [0, 0.05) is 36.4 Å². The van der Waals surface area contributed by atoms with Crippen LogP contribution in [0.4, 0.5) is 26.3 Å². The number of nitrogens with zero attached hydrogens (tertiary/aromatic N) is 3. The minimum absolute atomic E-state index is 0.0755. The van der Waals surface area contributed by atoms with Crippen LogP contribution in [0, 0.1) is 17.5 Å². The van der Waals surface area contributed by atoms with E-state index in [-0.39, 0.29) is 29.7 Å². The maximum Gasteiger partial charge on any atom is 0.435 e. The lowest BCUT2D eigenvalue weighted by molar-refractivity contribution is -0.142. The highest BCUT2D eigenvalue weighted by atomic mass is 19.4. The summed E-state index contributed by atoms with van der Waals surface area (Å²) in [5.74, 6) is -4.86. The van der Waals surface area contributed by atoms with E-state index in [0.29, 0.717) is 17.2 Å². The fourth-order valence-electron chi connectivity index (χ4n) is 4.41. The van der Waals surface area contributed by atoms with E-state index >= 15 is 0 Å². The second kappa shape index (κ2) is 11.3. The maximum absolute atomic E-state index is 14.1. The number of carbonyl (C=O) groups is 2. The van der Waals surface area contributed by atoms with Crippen molar-refractivity contribution in [1.82, 2.24) is 14.8 Å². The van der Waals surface area contributed by atoms with Crippen LogP contribution in [-0.4, -0.2) is 26.5 Å². The van der Waals surface area contributed by atoms with Gasteiger partial charge < -0.3 is 5.73 Å². The molecular weight excluding hydrogens is 538 g/mol. The summed E-state index contributed by atoms with van der Waals surface area (Å²) >= 11 is 0. The number of nitrogens with two attached hydrogens (primary N) is 1. The van der Waals surface area contributed by atoms with Crippen molar-refractivity contribution in [3.05, 3.63) is 107 Å². The van der Waals surface area contributed by atoms with Gasteiger partial charge in [-0.15, -0.1) is 0 Å². The average molecular weight is 560 g/mol. The van der Waals surface area contributed by atoms with Crippen LogP contribution in [0.15, 0.2) is 67.0 Å². The van der Waals surface area contributed by atoms with Gasteiger partial charge >= 0.3 is 6.18 Å². The molecule has 2 aromatic heterocycles. The summed E-state index contributed by atoms with van der Waals surface area (Å²) in [5.41, 5.74) is 4.97. The molecule has 0 aliphatic carbocycles. The van der Waals surface area contributed by atoms with E-state index < -0.39 is 53.0 Å². The van der Waals surface area contributed by atoms with Crippen LogP contribution < -0.4 is 5.73 Å². The van der Waals surface area contributed by atoms with E-state index in [4.69, 9.17) is 5.73 Å². The number of hydrogen-bond acceptors (Lipinski definition) is 4. The predicted octanol–water partition coefficient (Wildman–Crippen LogP) is 6.03. The molecule has 0 saturated carbocycles. The molecule has 1 unspecified atom stereocenters. The van der Waals surface area contributed by atoms with Gasteiger partial charge in [-0.3, -0.25) is 19.3 Å². The minimum Gasteiger partial charge on any atom is -0.366 e. The van der Waals surface area contributed by atoms with Crippen molar-refractivity contribution in [3.8, 4) is 11.1 Å². The molecule has 0 bridgehead atoms. The molecule has 0 aliphatic rings. The standard InChI is InChI=1S/C28H22F6N4O2/c1-15(38-8-6-25(37-38)28(32,33)34)24(39)13-18(9-16-10-19(29)14-20(30)11-16)26-21(3-2-7-36-26)17-4-5-23(31)22(12-17)27(35)40/h2-8,10-12,14-15,18H,9,13H2,1H3,(H2,35,40)/t15?,18-/m1/s1. The van der Waals surface area contributed by atoms with Crippen molar-refractivity contribution in [3.63, 3.8) is 0 Å². The third-order valence-electron chi connectivity index (χ3n) is 6.38. The summed E-state index contributed by atoms with van der Waals surface area (Å²) in [5, 5.41) is 3.47. The van der Waals surface area contributed by atoms with Crippen LogP contribution in [0.2, 0.25) is 0 Å². The molecule has 0 aliphatic heterocycles. The number of halogens is 6. The molecule has 0 spiro atoms. The number of alkyl halides is 3. The number of carbonyl (C=O) groups excluding carboxylic acids is 2. The zero-order valence-corrected chi connectivity index (χ0v) is 20.9. The number of rotatable bonds is 9. The van der Waals surface area contributed by atoms with Gasteiger partial charge in [-0.05, 0) is 60.9 Å². The van der Waals surface area contributed by atoms with Gasteiger partial charge in [0.25, 0.3) is 5.91 Å². The van der Waals surface area contributed by atoms with E-state index in [9.17, 15) is 35.9 Å². The number of Topliss-reactive ketones (excluding diaryl/α,β-unsaturated/α-hetero) is 1. The number of hydrogen-bond donors (Lipinski definition) is 1. The molecule has 2 aromatic carbocycles. The summed E-state index contributed by atoms with van der Waals surface area (Å²) in [7, 11) is 0. The molecule has 0 fully saturated rings. The van der Waals surface area contributed by atoms with E-state index in [1.165, 1.54) is 25.3 Å². The van der Waals surface area contributed by atoms with Crippen molar-refractivity contribution in [2.24, 2.45) is 5.73 Å². The zero-order chi connectivity index (χ0) is 29.2. The molecule has 2 heterocycles. The van der Waals surface area contributed by atoms with Crippen LogP contribution in [0.5, 0.6) is 0 Å². The Morgan fingerprint density at radius 1 is 1.00 bits per heavy atom. The Balaban J connectivity index is 1.75. The largest absolute Gasteiger partial charge is 0.435 e. The molecule has 0 radical (unpaired) electrons. The summed E-state index contributed by atoms with van der Waals surface area (Å²) in [6.45, 7) is 1.38. The Kier molecular flexibility index (Phi) is 8.08. The van der Waals surface area contributed by atoms with Crippen molar-refractivity contribution in [2.45, 2.75) is 37.9 Å². The van der Waals surface area contributed by atoms with Crippen LogP contribution in [0.1, 0.15) is 52.6 Å². The third-order valence-corrected chi connectivity index (χ3v) is 6.38. The first-order valence-electron chi connectivity index (χ1n) is 12.0. The highest BCUT2D eigenvalue weighted by Gasteiger charge is 2.34. The van der Waals surface area contributed by atoms with E-state index in [0.717, 1.165) is 35.1 Å². The van der Waals surface area contributed by atoms with Crippen molar-refractivity contribution in [1.29, 1.82) is 0 Å². The van der Waals surface area contributed by atoms with Gasteiger partial charge in [0.05, 0.1) is 11.3 Å². The van der Waals surface area contributed by atoms with Crippen LogP contribution in [0.3, 0.4) is 0 Å². The molecule has 12 heteroatoms. The first-order valence-corrected chi connectivity index (χ1v) is 12.0. The predicted molar refractivity (Wildman–Crippen MR) is 133 cm³/mol. The number of ketones is 1. The quantitative estimate of drug-likeness (QED) is 0.253. The van der Waals surface area contributed by atoms with Gasteiger partial charge in [0.2, 0.25) is 0 Å². The van der Waals surface area contributed by atoms with Gasteiger partial charge in [0.1, 0.15) is 23.5 Å². The molecule has 4 aromatic rings. The number of aromatic nitrogens is 3. The smallest absolute Gasteiger partial charge is 0.366 e. The normalized spacial score (nSPS) is 13.2. The van der Waals surface area contributed by atoms with Gasteiger partial charge in [-0.1, -0.05) is 12.1 Å². The molecule has 1 amide bonds. The monoisotopic (exact) mass is 560 g/mol. The lowest BCUT2D eigenvalue weighted by Gasteiger charge is -2.22. The Bertz CT molecular complexity index is 1550.